The number of hydrogen-bond acceptors (Lipinski definition) is 3. The third-order valence-electron chi connectivity index (χ3n) is 7.01. The fourth-order valence-electron chi connectivity index (χ4n) is 5.10. The molecule has 3 rings (SSSR count). The molecule has 1 heterocycles. The first-order valence-corrected chi connectivity index (χ1v) is 11.5. The van der Waals surface area contributed by atoms with Crippen LogP contribution in [0.2, 0.25) is 0 Å². The first-order valence-electron chi connectivity index (χ1n) is 11.5. The third-order valence-corrected chi connectivity index (χ3v) is 7.01. The van der Waals surface area contributed by atoms with Gasteiger partial charge in [0, 0.05) is 49.6 Å². The molecule has 0 atom stereocenters. The van der Waals surface area contributed by atoms with Gasteiger partial charge in [0.2, 0.25) is 5.91 Å². The largest absolute Gasteiger partial charge is 0.496 e. The average Bonchev–Trinajstić information content (AvgIpc) is 3.28. The van der Waals surface area contributed by atoms with Crippen LogP contribution in [-0.4, -0.2) is 61.6 Å². The highest BCUT2D eigenvalue weighted by Crippen LogP contribution is 2.44. The summed E-state index contributed by atoms with van der Waals surface area (Å²) in [6.45, 7) is 7.42. The number of rotatable bonds is 7. The normalized spacial score (nSPS) is 18.8. The second kappa shape index (κ2) is 10.2. The summed E-state index contributed by atoms with van der Waals surface area (Å²) in [7, 11) is 1.72. The van der Waals surface area contributed by atoms with Crippen LogP contribution in [0.15, 0.2) is 24.3 Å². The van der Waals surface area contributed by atoms with Crippen LogP contribution in [-0.2, 0) is 10.2 Å². The van der Waals surface area contributed by atoms with Crippen molar-refractivity contribution in [3.63, 3.8) is 0 Å². The molecule has 1 saturated heterocycles. The standard InChI is InChI=1S/C24H37N3O3/c1-4-26(5-2)23(29)27-16-12-19(13-17-27)22(28)25-18-24(14-8-9-15-24)20-10-6-7-11-21(20)30-3/h6-7,10-11,19H,4-5,8-9,12-18H2,1-3H3,(H,25,28). The van der Waals surface area contributed by atoms with Crippen molar-refractivity contribution >= 4 is 11.9 Å². The van der Waals surface area contributed by atoms with Gasteiger partial charge in [-0.3, -0.25) is 4.79 Å². The van der Waals surface area contributed by atoms with Gasteiger partial charge < -0.3 is 19.9 Å². The number of ether oxygens (including phenoxy) is 1. The Kier molecular flexibility index (Phi) is 7.62. The minimum atomic E-state index is -0.0400. The van der Waals surface area contributed by atoms with Crippen molar-refractivity contribution in [3.8, 4) is 5.75 Å². The lowest BCUT2D eigenvalue weighted by atomic mass is 9.78. The lowest BCUT2D eigenvalue weighted by molar-refractivity contribution is -0.126. The Labute approximate surface area is 180 Å². The van der Waals surface area contributed by atoms with Crippen molar-refractivity contribution < 1.29 is 14.3 Å². The smallest absolute Gasteiger partial charge is 0.319 e. The molecule has 30 heavy (non-hydrogen) atoms. The number of carbonyl (C=O) groups is 2. The van der Waals surface area contributed by atoms with E-state index in [1.807, 2.05) is 35.8 Å². The Bertz CT molecular complexity index is 718. The van der Waals surface area contributed by atoms with E-state index in [1.54, 1.807) is 7.11 Å². The van der Waals surface area contributed by atoms with E-state index < -0.39 is 0 Å². The second-order valence-corrected chi connectivity index (χ2v) is 8.62. The van der Waals surface area contributed by atoms with Crippen LogP contribution in [0.4, 0.5) is 4.79 Å². The lowest BCUT2D eigenvalue weighted by Gasteiger charge is -2.36. The molecule has 2 fully saturated rings. The van der Waals surface area contributed by atoms with Crippen LogP contribution in [0.3, 0.4) is 0 Å². The van der Waals surface area contributed by atoms with E-state index in [-0.39, 0.29) is 23.3 Å². The Morgan fingerprint density at radius 1 is 1.13 bits per heavy atom. The maximum absolute atomic E-state index is 12.9. The van der Waals surface area contributed by atoms with E-state index in [0.717, 1.165) is 44.5 Å². The second-order valence-electron chi connectivity index (χ2n) is 8.62. The molecule has 6 heteroatoms. The Morgan fingerprint density at radius 2 is 1.77 bits per heavy atom. The van der Waals surface area contributed by atoms with Crippen LogP contribution in [0.5, 0.6) is 5.75 Å². The predicted octanol–water partition coefficient (Wildman–Crippen LogP) is 3.80. The number of benzene rings is 1. The Hall–Kier alpha value is -2.24. The van der Waals surface area contributed by atoms with Gasteiger partial charge in [-0.2, -0.15) is 0 Å². The lowest BCUT2D eigenvalue weighted by Crippen LogP contribution is -2.49. The monoisotopic (exact) mass is 415 g/mol. The average molecular weight is 416 g/mol. The van der Waals surface area contributed by atoms with Crippen LogP contribution in [0.25, 0.3) is 0 Å². The van der Waals surface area contributed by atoms with Gasteiger partial charge in [0.15, 0.2) is 0 Å². The molecule has 0 bridgehead atoms. The van der Waals surface area contributed by atoms with Gasteiger partial charge in [-0.1, -0.05) is 31.0 Å². The minimum Gasteiger partial charge on any atom is -0.496 e. The summed E-state index contributed by atoms with van der Waals surface area (Å²) in [6, 6.07) is 8.31. The zero-order valence-electron chi connectivity index (χ0n) is 18.8. The molecule has 1 saturated carbocycles. The van der Waals surface area contributed by atoms with Gasteiger partial charge in [-0.15, -0.1) is 0 Å². The molecule has 166 valence electrons. The molecule has 0 radical (unpaired) electrons. The first-order chi connectivity index (χ1) is 14.5. The molecule has 0 spiro atoms. The predicted molar refractivity (Wildman–Crippen MR) is 119 cm³/mol. The van der Waals surface area contributed by atoms with Crippen LogP contribution >= 0.6 is 0 Å². The van der Waals surface area contributed by atoms with E-state index in [0.29, 0.717) is 19.6 Å². The van der Waals surface area contributed by atoms with Crippen molar-refractivity contribution in [2.75, 3.05) is 39.8 Å². The summed E-state index contributed by atoms with van der Waals surface area (Å²) in [5.41, 5.74) is 1.17. The highest BCUT2D eigenvalue weighted by Gasteiger charge is 2.39. The molecule has 3 amide bonds. The zero-order valence-corrected chi connectivity index (χ0v) is 18.8. The van der Waals surface area contributed by atoms with Crippen molar-refractivity contribution in [1.82, 2.24) is 15.1 Å². The third kappa shape index (κ3) is 4.73. The van der Waals surface area contributed by atoms with E-state index in [4.69, 9.17) is 4.74 Å². The SMILES string of the molecule is CCN(CC)C(=O)N1CCC(C(=O)NCC2(c3ccccc3OC)CCCC2)CC1. The van der Waals surface area contributed by atoms with Gasteiger partial charge in [0.25, 0.3) is 0 Å². The minimum absolute atomic E-state index is 0.0122. The molecular weight excluding hydrogens is 378 g/mol. The molecule has 0 aromatic heterocycles. The molecule has 1 N–H and O–H groups in total. The molecule has 1 aliphatic heterocycles. The first kappa shape index (κ1) is 22.4. The topological polar surface area (TPSA) is 61.9 Å². The van der Waals surface area contributed by atoms with E-state index in [1.165, 1.54) is 18.4 Å². The quantitative estimate of drug-likeness (QED) is 0.737. The Balaban J connectivity index is 1.58. The molecule has 1 aliphatic carbocycles. The maximum Gasteiger partial charge on any atom is 0.319 e. The molecular formula is C24H37N3O3. The summed E-state index contributed by atoms with van der Waals surface area (Å²) in [5.74, 6) is 1.03. The molecule has 1 aromatic carbocycles. The van der Waals surface area contributed by atoms with Crippen molar-refractivity contribution in [1.29, 1.82) is 0 Å². The van der Waals surface area contributed by atoms with Gasteiger partial charge in [-0.05, 0) is 45.6 Å². The highest BCUT2D eigenvalue weighted by molar-refractivity contribution is 5.80. The van der Waals surface area contributed by atoms with Crippen molar-refractivity contribution in [3.05, 3.63) is 29.8 Å². The van der Waals surface area contributed by atoms with Crippen molar-refractivity contribution in [2.24, 2.45) is 5.92 Å². The number of nitrogens with one attached hydrogen (secondary N) is 1. The molecule has 2 aliphatic rings. The fraction of sp³-hybridized carbons (Fsp3) is 0.667. The molecule has 6 nitrogen and oxygen atoms in total. The number of nitrogens with zero attached hydrogens (tertiary/aromatic N) is 2. The zero-order chi connectivity index (χ0) is 21.6. The number of hydrogen-bond donors (Lipinski definition) is 1. The maximum atomic E-state index is 12.9. The number of methoxy groups -OCH3 is 1. The summed E-state index contributed by atoms with van der Waals surface area (Å²) < 4.78 is 5.62. The number of carbonyl (C=O) groups excluding carboxylic acids is 2. The molecule has 0 unspecified atom stereocenters. The van der Waals surface area contributed by atoms with Gasteiger partial charge in [0.1, 0.15) is 5.75 Å². The Morgan fingerprint density at radius 3 is 2.37 bits per heavy atom. The highest BCUT2D eigenvalue weighted by atomic mass is 16.5. The van der Waals surface area contributed by atoms with E-state index in [9.17, 15) is 9.59 Å². The number of likely N-dealkylation sites (tertiary alicyclic amines) is 1. The summed E-state index contributed by atoms with van der Waals surface area (Å²) in [4.78, 5) is 29.2. The van der Waals surface area contributed by atoms with E-state index >= 15 is 0 Å². The van der Waals surface area contributed by atoms with E-state index in [2.05, 4.69) is 17.4 Å². The summed E-state index contributed by atoms with van der Waals surface area (Å²) in [6.07, 6.45) is 5.98. The van der Waals surface area contributed by atoms with Crippen LogP contribution in [0.1, 0.15) is 57.9 Å². The summed E-state index contributed by atoms with van der Waals surface area (Å²) >= 11 is 0. The van der Waals surface area contributed by atoms with Gasteiger partial charge in [-0.25, -0.2) is 4.79 Å². The number of para-hydroxylation sites is 1. The number of amides is 3. The number of urea groups is 1. The van der Waals surface area contributed by atoms with Crippen molar-refractivity contribution in [2.45, 2.75) is 57.8 Å². The van der Waals surface area contributed by atoms with Gasteiger partial charge in [0.05, 0.1) is 7.11 Å². The summed E-state index contributed by atoms with van der Waals surface area (Å²) in [5, 5.41) is 3.27. The van der Waals surface area contributed by atoms with Crippen LogP contribution < -0.4 is 10.1 Å². The number of piperidine rings is 1. The molecule has 1 aromatic rings. The van der Waals surface area contributed by atoms with Crippen LogP contribution in [0, 0.1) is 5.92 Å². The fourth-order valence-corrected chi connectivity index (χ4v) is 5.10. The van der Waals surface area contributed by atoms with Gasteiger partial charge >= 0.3 is 6.03 Å².